The van der Waals surface area contributed by atoms with Crippen LogP contribution < -0.4 is 5.73 Å². The number of ether oxygens (including phenoxy) is 1. The van der Waals surface area contributed by atoms with Gasteiger partial charge in [0.25, 0.3) is 0 Å². The third-order valence-corrected chi connectivity index (χ3v) is 5.11. The molecule has 0 saturated carbocycles. The number of rotatable bonds is 3. The van der Waals surface area contributed by atoms with Crippen molar-refractivity contribution < 1.29 is 19.1 Å². The minimum absolute atomic E-state index is 0.337. The van der Waals surface area contributed by atoms with Crippen LogP contribution in [0.2, 0.25) is 0 Å². The fourth-order valence-electron chi connectivity index (χ4n) is 2.84. The summed E-state index contributed by atoms with van der Waals surface area (Å²) >= 11 is 1.40. The second-order valence-electron chi connectivity index (χ2n) is 5.17. The Hall–Kier alpha value is -0.590. The maximum Gasteiger partial charge on any atom is 0.362 e. The molecule has 3 rings (SSSR count). The van der Waals surface area contributed by atoms with Crippen molar-refractivity contribution >= 4 is 25.1 Å². The number of hydrogen-bond acceptors (Lipinski definition) is 5. The molecule has 3 aliphatic rings. The van der Waals surface area contributed by atoms with Crippen molar-refractivity contribution in [3.63, 3.8) is 0 Å². The molecule has 2 aliphatic carbocycles. The number of aliphatic imine (C=N–C) groups is 1. The lowest BCUT2D eigenvalue weighted by atomic mass is 9.79. The number of fused-ring (bicyclic) bond motifs is 3. The number of nitrogens with zero attached hydrogens (tertiary/aromatic N) is 1. The lowest BCUT2D eigenvalue weighted by Crippen LogP contribution is -2.23. The van der Waals surface area contributed by atoms with Crippen molar-refractivity contribution in [2.24, 2.45) is 16.6 Å². The van der Waals surface area contributed by atoms with Gasteiger partial charge in [-0.3, -0.25) is 9.56 Å². The van der Waals surface area contributed by atoms with E-state index in [-0.39, 0.29) is 5.50 Å². The average molecular weight is 316 g/mol. The first-order chi connectivity index (χ1) is 9.44. The highest BCUT2D eigenvalue weighted by molar-refractivity contribution is 8.05. The van der Waals surface area contributed by atoms with Crippen LogP contribution in [-0.2, 0) is 9.30 Å². The maximum atomic E-state index is 11.0. The second-order valence-corrected chi connectivity index (χ2v) is 7.88. The van der Waals surface area contributed by atoms with E-state index in [0.717, 1.165) is 29.9 Å². The van der Waals surface area contributed by atoms with Crippen LogP contribution in [0.4, 0.5) is 0 Å². The molecule has 1 aliphatic heterocycles. The summed E-state index contributed by atoms with van der Waals surface area (Å²) in [5, 5.41) is 0. The molecule has 20 heavy (non-hydrogen) atoms. The maximum absolute atomic E-state index is 11.0. The summed E-state index contributed by atoms with van der Waals surface area (Å²) in [5.41, 5.74) is 7.62. The quantitative estimate of drug-likeness (QED) is 0.687. The summed E-state index contributed by atoms with van der Waals surface area (Å²) in [6, 6.07) is 0. The molecule has 0 aromatic carbocycles. The van der Waals surface area contributed by atoms with Gasteiger partial charge in [-0.2, -0.15) is 0 Å². The molecule has 0 bridgehead atoms. The molecule has 0 fully saturated rings. The molecule has 110 valence electrons. The second kappa shape index (κ2) is 5.31. The third-order valence-electron chi connectivity index (χ3n) is 3.64. The van der Waals surface area contributed by atoms with E-state index < -0.39 is 13.9 Å². The van der Waals surface area contributed by atoms with Gasteiger partial charge in [0.1, 0.15) is 11.3 Å². The van der Waals surface area contributed by atoms with E-state index in [1.54, 1.807) is 0 Å². The number of nitrogens with two attached hydrogens (primary N) is 1. The zero-order chi connectivity index (χ0) is 14.3. The fourth-order valence-corrected chi connectivity index (χ4v) is 4.12. The molecule has 2 unspecified atom stereocenters. The highest BCUT2D eigenvalue weighted by Crippen LogP contribution is 2.47. The van der Waals surface area contributed by atoms with E-state index in [1.807, 2.05) is 0 Å². The third kappa shape index (κ3) is 2.87. The Labute approximate surface area is 121 Å². The van der Waals surface area contributed by atoms with E-state index in [0.29, 0.717) is 18.1 Å². The zero-order valence-corrected chi connectivity index (χ0v) is 12.6. The monoisotopic (exact) mass is 316 g/mol. The molecule has 0 spiro atoms. The fraction of sp³-hybridized carbons (Fsp3) is 0.583. The first kappa shape index (κ1) is 14.4. The first-order valence-electron chi connectivity index (χ1n) is 6.55. The smallest absolute Gasteiger partial charge is 0.362 e. The Morgan fingerprint density at radius 3 is 3.10 bits per heavy atom. The molecule has 8 heteroatoms. The van der Waals surface area contributed by atoms with Crippen LogP contribution in [0.3, 0.4) is 0 Å². The van der Waals surface area contributed by atoms with Gasteiger partial charge in [0.05, 0.1) is 10.6 Å². The van der Waals surface area contributed by atoms with E-state index in [1.165, 1.54) is 17.3 Å². The van der Waals surface area contributed by atoms with Gasteiger partial charge in [0.2, 0.25) is 0 Å². The Bertz CT molecular complexity index is 566. The van der Waals surface area contributed by atoms with Crippen molar-refractivity contribution in [3.05, 3.63) is 22.3 Å². The van der Waals surface area contributed by atoms with Crippen LogP contribution in [0.25, 0.3) is 0 Å². The van der Waals surface area contributed by atoms with Gasteiger partial charge in [-0.15, -0.1) is 0 Å². The normalized spacial score (nSPS) is 29.6. The predicted molar refractivity (Wildman–Crippen MR) is 78.1 cm³/mol. The highest BCUT2D eigenvalue weighted by atomic mass is 32.2. The summed E-state index contributed by atoms with van der Waals surface area (Å²) < 4.78 is 16.4. The largest absolute Gasteiger partial charge is 0.484 e. The van der Waals surface area contributed by atoms with Crippen molar-refractivity contribution in [1.29, 1.82) is 0 Å². The molecule has 0 aromatic heterocycles. The summed E-state index contributed by atoms with van der Waals surface area (Å²) in [4.78, 5) is 23.2. The van der Waals surface area contributed by atoms with Crippen LogP contribution in [0.5, 0.6) is 0 Å². The molecular weight excluding hydrogens is 299 g/mol. The Morgan fingerprint density at radius 2 is 2.35 bits per heavy atom. The number of allylic oxidation sites excluding steroid dienone is 4. The molecular formula is C12H17N2O4PS. The Kier molecular flexibility index (Phi) is 3.81. The summed E-state index contributed by atoms with van der Waals surface area (Å²) in [6.45, 7) is 0. The van der Waals surface area contributed by atoms with Gasteiger partial charge >= 0.3 is 7.60 Å². The molecule has 0 aromatic rings. The summed E-state index contributed by atoms with van der Waals surface area (Å²) in [6.07, 6.45) is 5.55. The summed E-state index contributed by atoms with van der Waals surface area (Å²) in [7, 11) is -4.17. The van der Waals surface area contributed by atoms with Crippen molar-refractivity contribution in [1.82, 2.24) is 0 Å². The zero-order valence-electron chi connectivity index (χ0n) is 10.9. The van der Waals surface area contributed by atoms with Gasteiger partial charge in [-0.05, 0) is 30.8 Å². The molecule has 0 amide bonds. The minimum atomic E-state index is -4.17. The Balaban J connectivity index is 1.91. The van der Waals surface area contributed by atoms with Crippen LogP contribution in [-0.4, -0.2) is 27.3 Å². The van der Waals surface area contributed by atoms with E-state index in [9.17, 15) is 4.57 Å². The molecule has 0 radical (unpaired) electrons. The van der Waals surface area contributed by atoms with Crippen molar-refractivity contribution in [2.75, 3.05) is 6.35 Å². The number of hydrogen-bond donors (Lipinski definition) is 3. The minimum Gasteiger partial charge on any atom is -0.484 e. The SMILES string of the molecule is NC1N=C2C3=CCCCC3CC(OCP(=O)(O)O)=C2S1. The Morgan fingerprint density at radius 1 is 1.55 bits per heavy atom. The molecule has 2 atom stereocenters. The molecule has 6 nitrogen and oxygen atoms in total. The van der Waals surface area contributed by atoms with Crippen LogP contribution >= 0.6 is 19.4 Å². The number of thioether (sulfide) groups is 1. The van der Waals surface area contributed by atoms with Gasteiger partial charge in [-0.25, -0.2) is 0 Å². The highest BCUT2D eigenvalue weighted by Gasteiger charge is 2.37. The molecule has 1 heterocycles. The lowest BCUT2D eigenvalue weighted by molar-refractivity contribution is 0.209. The molecule has 4 N–H and O–H groups in total. The van der Waals surface area contributed by atoms with Crippen molar-refractivity contribution in [2.45, 2.75) is 31.2 Å². The van der Waals surface area contributed by atoms with Crippen LogP contribution in [0.15, 0.2) is 27.3 Å². The van der Waals surface area contributed by atoms with Crippen LogP contribution in [0.1, 0.15) is 25.7 Å². The van der Waals surface area contributed by atoms with Gasteiger partial charge in [0, 0.05) is 6.42 Å². The predicted octanol–water partition coefficient (Wildman–Crippen LogP) is 1.91. The summed E-state index contributed by atoms with van der Waals surface area (Å²) in [5.74, 6) is 0.970. The van der Waals surface area contributed by atoms with Crippen LogP contribution in [0, 0.1) is 5.92 Å². The van der Waals surface area contributed by atoms with E-state index in [2.05, 4.69) is 11.1 Å². The standard InChI is InChI=1S/C12H17N2O4PS/c13-12-14-10-8-4-2-1-3-7(8)5-9(11(10)20-12)18-6-19(15,16)17/h4,7,12H,1-3,5-6,13H2,(H2,15,16,17). The van der Waals surface area contributed by atoms with Gasteiger partial charge < -0.3 is 20.3 Å². The van der Waals surface area contributed by atoms with E-state index >= 15 is 0 Å². The van der Waals surface area contributed by atoms with Gasteiger partial charge in [0.15, 0.2) is 6.35 Å². The average Bonchev–Trinajstić information content (AvgIpc) is 2.77. The lowest BCUT2D eigenvalue weighted by Gasteiger charge is -2.31. The van der Waals surface area contributed by atoms with E-state index in [4.69, 9.17) is 20.3 Å². The topological polar surface area (TPSA) is 105 Å². The molecule has 0 saturated heterocycles. The van der Waals surface area contributed by atoms with Gasteiger partial charge in [-0.1, -0.05) is 17.8 Å². The first-order valence-corrected chi connectivity index (χ1v) is 9.23. The van der Waals surface area contributed by atoms with Crippen molar-refractivity contribution in [3.8, 4) is 0 Å².